The zero-order valence-corrected chi connectivity index (χ0v) is 17.1. The fourth-order valence-electron chi connectivity index (χ4n) is 3.10. The molecule has 1 aromatic heterocycles. The van der Waals surface area contributed by atoms with Crippen LogP contribution in [0.2, 0.25) is 0 Å². The fourth-order valence-corrected chi connectivity index (χ4v) is 4.57. The van der Waals surface area contributed by atoms with E-state index in [9.17, 15) is 28.8 Å². The van der Waals surface area contributed by atoms with Crippen LogP contribution in [0.4, 0.5) is 0 Å². The lowest BCUT2D eigenvalue weighted by Gasteiger charge is -2.21. The van der Waals surface area contributed by atoms with E-state index in [1.165, 1.54) is 20.8 Å². The van der Waals surface area contributed by atoms with Crippen LogP contribution in [0, 0.1) is 6.92 Å². The smallest absolute Gasteiger partial charge is 0.333 e. The average Bonchev–Trinajstić information content (AvgIpc) is 3.18. The summed E-state index contributed by atoms with van der Waals surface area (Å²) in [6.07, 6.45) is 0. The van der Waals surface area contributed by atoms with Crippen molar-refractivity contribution in [3.05, 3.63) is 41.7 Å². The molecule has 0 bridgehead atoms. The van der Waals surface area contributed by atoms with Gasteiger partial charge in [-0.3, -0.25) is 14.0 Å². The Bertz CT molecular complexity index is 1080. The summed E-state index contributed by atoms with van der Waals surface area (Å²) < 4.78 is 16.6. The molecular weight excluding hydrogens is 414 g/mol. The topological polar surface area (TPSA) is 159 Å². The van der Waals surface area contributed by atoms with E-state index in [4.69, 9.17) is 4.52 Å². The highest BCUT2D eigenvalue weighted by molar-refractivity contribution is 8.02. The van der Waals surface area contributed by atoms with Crippen molar-refractivity contribution in [3.8, 4) is 11.3 Å². The van der Waals surface area contributed by atoms with Crippen molar-refractivity contribution >= 4 is 33.7 Å². The Hall–Kier alpha value is -3.34. The number of amides is 1. The van der Waals surface area contributed by atoms with E-state index >= 15 is 0 Å². The highest BCUT2D eigenvalue weighted by Crippen LogP contribution is 2.31. The average molecular weight is 433 g/mol. The van der Waals surface area contributed by atoms with Crippen molar-refractivity contribution in [2.24, 2.45) is 4.99 Å². The number of rotatable bonds is 6. The van der Waals surface area contributed by atoms with Gasteiger partial charge in [0.2, 0.25) is 0 Å². The molecule has 0 saturated heterocycles. The van der Waals surface area contributed by atoms with Crippen LogP contribution in [0.3, 0.4) is 0 Å². The fraction of sp³-hybridized carbons (Fsp3) is 0.316. The minimum atomic E-state index is -2.05. The third-order valence-electron chi connectivity index (χ3n) is 4.72. The van der Waals surface area contributed by atoms with Crippen molar-refractivity contribution in [3.63, 3.8) is 0 Å². The largest absolute Gasteiger partial charge is 0.480 e. The predicted molar refractivity (Wildman–Crippen MR) is 107 cm³/mol. The van der Waals surface area contributed by atoms with Crippen LogP contribution in [0.15, 0.2) is 39.8 Å². The third kappa shape index (κ3) is 3.63. The summed E-state index contributed by atoms with van der Waals surface area (Å²) in [5.41, 5.74) is 0.819. The monoisotopic (exact) mass is 433 g/mol. The minimum absolute atomic E-state index is 0.0193. The molecule has 1 aliphatic heterocycles. The van der Waals surface area contributed by atoms with E-state index in [-0.39, 0.29) is 17.0 Å². The molecule has 10 nitrogen and oxygen atoms in total. The van der Waals surface area contributed by atoms with Crippen LogP contribution in [0.5, 0.6) is 0 Å². The zero-order valence-electron chi connectivity index (χ0n) is 16.3. The predicted octanol–water partition coefficient (Wildman–Crippen LogP) is 1.23. The standard InChI is InChI=1S/C19H19N3O7S/c1-9-11(12(22-29-9)10-7-5-4-6-8-10)15(23)20-13(17(24)25)16-21-14(18(26)27)19(2,3)30(16)28/h4-8,13-14H,1-3H3,(H,20,23)(H,24,25)(H,26,27). The number of carbonyl (C=O) groups is 3. The number of aromatic nitrogens is 1. The Balaban J connectivity index is 1.97. The van der Waals surface area contributed by atoms with Crippen molar-refractivity contribution in [2.45, 2.75) is 37.6 Å². The van der Waals surface area contributed by atoms with Gasteiger partial charge in [-0.1, -0.05) is 35.5 Å². The molecule has 1 aliphatic rings. The molecule has 3 unspecified atom stereocenters. The van der Waals surface area contributed by atoms with E-state index in [2.05, 4.69) is 15.5 Å². The molecule has 3 N–H and O–H groups in total. The summed E-state index contributed by atoms with van der Waals surface area (Å²) >= 11 is 0. The number of carbonyl (C=O) groups excluding carboxylic acids is 1. The summed E-state index contributed by atoms with van der Waals surface area (Å²) in [5, 5.41) is 24.7. The highest BCUT2D eigenvalue weighted by atomic mass is 32.2. The first-order valence-electron chi connectivity index (χ1n) is 8.83. The molecule has 0 saturated carbocycles. The molecule has 0 radical (unpaired) electrons. The molecule has 2 heterocycles. The molecular formula is C19H19N3O7S. The molecule has 0 spiro atoms. The van der Waals surface area contributed by atoms with Gasteiger partial charge in [-0.25, -0.2) is 9.59 Å². The van der Waals surface area contributed by atoms with E-state index in [0.717, 1.165) is 0 Å². The lowest BCUT2D eigenvalue weighted by Crippen LogP contribution is -2.49. The van der Waals surface area contributed by atoms with Gasteiger partial charge in [-0.2, -0.15) is 0 Å². The summed E-state index contributed by atoms with van der Waals surface area (Å²) in [4.78, 5) is 40.1. The van der Waals surface area contributed by atoms with Gasteiger partial charge in [0.1, 0.15) is 22.1 Å². The maximum Gasteiger partial charge on any atom is 0.333 e. The van der Waals surface area contributed by atoms with Crippen LogP contribution in [-0.4, -0.2) is 59.3 Å². The quantitative estimate of drug-likeness (QED) is 0.613. The Kier molecular flexibility index (Phi) is 5.57. The summed E-state index contributed by atoms with van der Waals surface area (Å²) in [5.74, 6) is -3.52. The SMILES string of the molecule is Cc1onc(-c2ccccc2)c1C(=O)NC(C(=O)O)C1=NC(C(=O)O)C(C)(C)S1=O. The van der Waals surface area contributed by atoms with Crippen LogP contribution in [0.25, 0.3) is 11.3 Å². The normalized spacial score (nSPS) is 21.0. The number of hydrogen-bond donors (Lipinski definition) is 3. The number of aliphatic carboxylic acids is 2. The third-order valence-corrected chi connectivity index (χ3v) is 6.62. The van der Waals surface area contributed by atoms with Crippen molar-refractivity contribution in [1.82, 2.24) is 10.5 Å². The number of nitrogens with one attached hydrogen (secondary N) is 1. The summed E-state index contributed by atoms with van der Waals surface area (Å²) in [7, 11) is -2.05. The Morgan fingerprint density at radius 1 is 1.20 bits per heavy atom. The van der Waals surface area contributed by atoms with Gasteiger partial charge in [0, 0.05) is 5.56 Å². The first-order valence-corrected chi connectivity index (χ1v) is 9.98. The van der Waals surface area contributed by atoms with Gasteiger partial charge in [0.25, 0.3) is 5.91 Å². The molecule has 2 aromatic rings. The molecule has 1 amide bonds. The zero-order chi connectivity index (χ0) is 22.2. The first-order chi connectivity index (χ1) is 14.1. The lowest BCUT2D eigenvalue weighted by molar-refractivity contribution is -0.139. The number of nitrogens with zero attached hydrogens (tertiary/aromatic N) is 2. The molecule has 158 valence electrons. The van der Waals surface area contributed by atoms with Crippen LogP contribution < -0.4 is 5.32 Å². The number of benzene rings is 1. The van der Waals surface area contributed by atoms with Crippen LogP contribution in [-0.2, 0) is 20.4 Å². The second kappa shape index (κ2) is 7.82. The van der Waals surface area contributed by atoms with Crippen molar-refractivity contribution < 1.29 is 33.3 Å². The molecule has 3 atom stereocenters. The molecule has 0 aliphatic carbocycles. The lowest BCUT2D eigenvalue weighted by atomic mass is 10.0. The molecule has 1 aromatic carbocycles. The molecule has 11 heteroatoms. The number of aryl methyl sites for hydroxylation is 1. The molecule has 30 heavy (non-hydrogen) atoms. The van der Waals surface area contributed by atoms with Crippen LogP contribution >= 0.6 is 0 Å². The van der Waals surface area contributed by atoms with Gasteiger partial charge in [0.15, 0.2) is 12.1 Å². The van der Waals surface area contributed by atoms with Gasteiger partial charge >= 0.3 is 11.9 Å². The van der Waals surface area contributed by atoms with E-state index < -0.39 is 50.5 Å². The van der Waals surface area contributed by atoms with E-state index in [0.29, 0.717) is 5.56 Å². The Morgan fingerprint density at radius 2 is 1.83 bits per heavy atom. The van der Waals surface area contributed by atoms with E-state index in [1.807, 2.05) is 0 Å². The van der Waals surface area contributed by atoms with E-state index in [1.54, 1.807) is 30.3 Å². The summed E-state index contributed by atoms with van der Waals surface area (Å²) in [6, 6.07) is 5.50. The molecule has 0 fully saturated rings. The first kappa shape index (κ1) is 21.4. The van der Waals surface area contributed by atoms with Gasteiger partial charge < -0.3 is 20.1 Å². The van der Waals surface area contributed by atoms with Gasteiger partial charge in [0.05, 0.1) is 15.5 Å². The number of carboxylic acids is 2. The number of aliphatic imine (C=N–C) groups is 1. The van der Waals surface area contributed by atoms with Gasteiger partial charge in [-0.05, 0) is 20.8 Å². The Labute approximate surface area is 173 Å². The van der Waals surface area contributed by atoms with Crippen molar-refractivity contribution in [1.29, 1.82) is 0 Å². The van der Waals surface area contributed by atoms with Crippen LogP contribution in [0.1, 0.15) is 30.0 Å². The minimum Gasteiger partial charge on any atom is -0.480 e. The number of carboxylic acid groups (broad SMARTS) is 2. The summed E-state index contributed by atoms with van der Waals surface area (Å²) in [6.45, 7) is 4.33. The second-order valence-electron chi connectivity index (χ2n) is 7.15. The molecule has 3 rings (SSSR count). The number of hydrogen-bond acceptors (Lipinski definition) is 7. The highest BCUT2D eigenvalue weighted by Gasteiger charge is 2.51. The maximum atomic E-state index is 12.9. The Morgan fingerprint density at radius 3 is 2.37 bits per heavy atom. The maximum absolute atomic E-state index is 12.9. The van der Waals surface area contributed by atoms with Gasteiger partial charge in [-0.15, -0.1) is 0 Å². The second-order valence-corrected chi connectivity index (χ2v) is 9.16. The van der Waals surface area contributed by atoms with Crippen molar-refractivity contribution in [2.75, 3.05) is 0 Å².